The van der Waals surface area contributed by atoms with Gasteiger partial charge in [0.05, 0.1) is 0 Å². The maximum absolute atomic E-state index is 2.28. The molecular weight excluding hydrogens is 192 g/mol. The highest BCUT2D eigenvalue weighted by Gasteiger charge is 2.12. The van der Waals surface area contributed by atoms with Gasteiger partial charge in [-0.25, -0.2) is 0 Å². The Hall–Kier alpha value is 0. The van der Waals surface area contributed by atoms with Crippen molar-refractivity contribution in [2.75, 3.05) is 0 Å². The SMILES string of the molecule is CC.CC.CC.CC1CC1.CCC(C)CC. The standard InChI is InChI=1S/C6H14.C4H8.3C2H6/c1-4-6(3)5-2;1-4-2-3-4;3*1-2/h6H,4-5H2,1-3H3;4H,2-3H2,1H3;3*1-2H3. The van der Waals surface area contributed by atoms with Crippen LogP contribution in [-0.4, -0.2) is 0 Å². The maximum atomic E-state index is 2.28. The molecule has 104 valence electrons. The monoisotopic (exact) mass is 232 g/mol. The van der Waals surface area contributed by atoms with E-state index in [1.807, 2.05) is 41.5 Å². The van der Waals surface area contributed by atoms with E-state index in [0.717, 1.165) is 11.8 Å². The Balaban J connectivity index is -0.0000000629. The summed E-state index contributed by atoms with van der Waals surface area (Å²) >= 11 is 0. The van der Waals surface area contributed by atoms with Crippen LogP contribution in [0.2, 0.25) is 0 Å². The summed E-state index contributed by atoms with van der Waals surface area (Å²) in [5.41, 5.74) is 0. The second-order valence-electron chi connectivity index (χ2n) is 3.60. The van der Waals surface area contributed by atoms with Crippen LogP contribution in [0.15, 0.2) is 0 Å². The van der Waals surface area contributed by atoms with E-state index in [2.05, 4.69) is 27.7 Å². The molecule has 0 spiro atoms. The van der Waals surface area contributed by atoms with E-state index in [-0.39, 0.29) is 0 Å². The molecule has 16 heavy (non-hydrogen) atoms. The molecule has 0 bridgehead atoms. The van der Waals surface area contributed by atoms with Crippen LogP contribution in [0.5, 0.6) is 0 Å². The van der Waals surface area contributed by atoms with Gasteiger partial charge < -0.3 is 0 Å². The van der Waals surface area contributed by atoms with Crippen molar-refractivity contribution >= 4 is 0 Å². The smallest absolute Gasteiger partial charge is 0.0443 e. The lowest BCUT2D eigenvalue weighted by Gasteiger charge is -1.98. The van der Waals surface area contributed by atoms with Gasteiger partial charge in [0.25, 0.3) is 0 Å². The molecular formula is C16H40. The summed E-state index contributed by atoms with van der Waals surface area (Å²) in [5, 5.41) is 0. The zero-order valence-electron chi connectivity index (χ0n) is 14.0. The number of hydrogen-bond acceptors (Lipinski definition) is 0. The first kappa shape index (κ1) is 25.0. The first-order valence-corrected chi connectivity index (χ1v) is 7.70. The van der Waals surface area contributed by atoms with Gasteiger partial charge in [0, 0.05) is 0 Å². The summed E-state index contributed by atoms with van der Waals surface area (Å²) in [6.07, 6.45) is 5.63. The van der Waals surface area contributed by atoms with Crippen LogP contribution in [0.1, 0.15) is 94.9 Å². The zero-order valence-corrected chi connectivity index (χ0v) is 14.0. The van der Waals surface area contributed by atoms with Crippen molar-refractivity contribution in [1.82, 2.24) is 0 Å². The highest BCUT2D eigenvalue weighted by atomic mass is 14.2. The average Bonchev–Trinajstić information content (AvgIpc) is 3.18. The molecule has 0 unspecified atom stereocenters. The number of hydrogen-bond donors (Lipinski definition) is 0. The van der Waals surface area contributed by atoms with Crippen LogP contribution in [0.4, 0.5) is 0 Å². The van der Waals surface area contributed by atoms with Crippen molar-refractivity contribution in [2.24, 2.45) is 11.8 Å². The van der Waals surface area contributed by atoms with Crippen LogP contribution in [0.25, 0.3) is 0 Å². The third-order valence-electron chi connectivity index (χ3n) is 2.26. The van der Waals surface area contributed by atoms with Crippen molar-refractivity contribution in [3.63, 3.8) is 0 Å². The van der Waals surface area contributed by atoms with Crippen LogP contribution in [-0.2, 0) is 0 Å². The van der Waals surface area contributed by atoms with E-state index in [0.29, 0.717) is 0 Å². The Morgan fingerprint density at radius 3 is 1.00 bits per heavy atom. The highest BCUT2D eigenvalue weighted by Crippen LogP contribution is 2.26. The average molecular weight is 232 g/mol. The van der Waals surface area contributed by atoms with Gasteiger partial charge in [-0.05, 0) is 11.8 Å². The molecule has 0 nitrogen and oxygen atoms in total. The van der Waals surface area contributed by atoms with Gasteiger partial charge in [-0.2, -0.15) is 0 Å². The molecule has 0 saturated heterocycles. The molecule has 0 aromatic rings. The number of rotatable bonds is 2. The lowest BCUT2D eigenvalue weighted by atomic mass is 10.1. The Kier molecular flexibility index (Phi) is 45.9. The minimum atomic E-state index is 0.935. The van der Waals surface area contributed by atoms with Crippen molar-refractivity contribution in [3.8, 4) is 0 Å². The first-order valence-electron chi connectivity index (χ1n) is 7.70. The van der Waals surface area contributed by atoms with Gasteiger partial charge >= 0.3 is 0 Å². The van der Waals surface area contributed by atoms with E-state index in [4.69, 9.17) is 0 Å². The molecule has 0 radical (unpaired) electrons. The normalized spacial score (nSPS) is 11.4. The van der Waals surface area contributed by atoms with E-state index in [9.17, 15) is 0 Å². The maximum Gasteiger partial charge on any atom is -0.0443 e. The van der Waals surface area contributed by atoms with Gasteiger partial charge in [-0.15, -0.1) is 0 Å². The first-order chi connectivity index (χ1) is 7.70. The van der Waals surface area contributed by atoms with Crippen molar-refractivity contribution < 1.29 is 0 Å². The molecule has 0 heterocycles. The fourth-order valence-electron chi connectivity index (χ4n) is 0.455. The fourth-order valence-corrected chi connectivity index (χ4v) is 0.455. The third-order valence-corrected chi connectivity index (χ3v) is 2.26. The Labute approximate surface area is 107 Å². The second kappa shape index (κ2) is 29.4. The van der Waals surface area contributed by atoms with Crippen molar-refractivity contribution in [2.45, 2.75) is 94.9 Å². The minimum Gasteiger partial charge on any atom is -0.0683 e. The van der Waals surface area contributed by atoms with Gasteiger partial charge in [0.2, 0.25) is 0 Å². The summed E-state index contributed by atoms with van der Waals surface area (Å²) in [7, 11) is 0. The van der Waals surface area contributed by atoms with Crippen LogP contribution >= 0.6 is 0 Å². The topological polar surface area (TPSA) is 0 Å². The molecule has 1 saturated carbocycles. The molecule has 1 aliphatic carbocycles. The zero-order chi connectivity index (χ0) is 14.0. The van der Waals surface area contributed by atoms with Crippen LogP contribution < -0.4 is 0 Å². The highest BCUT2D eigenvalue weighted by molar-refractivity contribution is 4.65. The van der Waals surface area contributed by atoms with E-state index in [1.165, 1.54) is 25.7 Å². The summed E-state index contributed by atoms with van der Waals surface area (Å²) < 4.78 is 0. The molecule has 0 aromatic heterocycles. The van der Waals surface area contributed by atoms with Gasteiger partial charge in [0.1, 0.15) is 0 Å². The van der Waals surface area contributed by atoms with Crippen molar-refractivity contribution in [1.29, 1.82) is 0 Å². The van der Waals surface area contributed by atoms with E-state index >= 15 is 0 Å². The Bertz CT molecular complexity index is 58.4. The minimum absolute atomic E-state index is 0.935. The molecule has 0 aliphatic heterocycles. The summed E-state index contributed by atoms with van der Waals surface area (Å²) in [6.45, 7) is 21.0. The molecule has 0 N–H and O–H groups in total. The van der Waals surface area contributed by atoms with Crippen LogP contribution in [0, 0.1) is 11.8 Å². The molecule has 1 rings (SSSR count). The third kappa shape index (κ3) is 48.3. The summed E-state index contributed by atoms with van der Waals surface area (Å²) in [6, 6.07) is 0. The second-order valence-corrected chi connectivity index (χ2v) is 3.60. The van der Waals surface area contributed by atoms with Gasteiger partial charge in [-0.3, -0.25) is 0 Å². The predicted molar refractivity (Wildman–Crippen MR) is 82.2 cm³/mol. The molecule has 1 fully saturated rings. The quantitative estimate of drug-likeness (QED) is 0.484. The molecule has 0 atom stereocenters. The Morgan fingerprint density at radius 1 is 0.812 bits per heavy atom. The summed E-state index contributed by atoms with van der Waals surface area (Å²) in [4.78, 5) is 0. The van der Waals surface area contributed by atoms with E-state index in [1.54, 1.807) is 0 Å². The largest absolute Gasteiger partial charge is 0.0683 e. The lowest BCUT2D eigenvalue weighted by Crippen LogP contribution is -1.85. The predicted octanol–water partition coefficient (Wildman–Crippen LogP) is 6.94. The molecule has 1 aliphatic rings. The molecule has 0 heteroatoms. The Morgan fingerprint density at radius 2 is 1.00 bits per heavy atom. The lowest BCUT2D eigenvalue weighted by molar-refractivity contribution is 0.544. The molecule has 0 aromatic carbocycles. The van der Waals surface area contributed by atoms with Gasteiger partial charge in [0.15, 0.2) is 0 Å². The fraction of sp³-hybridized carbons (Fsp3) is 1.00. The van der Waals surface area contributed by atoms with Crippen molar-refractivity contribution in [3.05, 3.63) is 0 Å². The van der Waals surface area contributed by atoms with E-state index < -0.39 is 0 Å². The summed E-state index contributed by atoms with van der Waals surface area (Å²) in [5.74, 6) is 2.02. The van der Waals surface area contributed by atoms with Crippen LogP contribution in [0.3, 0.4) is 0 Å². The van der Waals surface area contributed by atoms with Gasteiger partial charge in [-0.1, -0.05) is 94.9 Å². The molecule has 0 amide bonds.